The largest absolute Gasteiger partial charge is 0.489 e. The van der Waals surface area contributed by atoms with E-state index in [1.165, 1.54) is 6.08 Å². The molecule has 0 unspecified atom stereocenters. The lowest BCUT2D eigenvalue weighted by molar-refractivity contribution is -0.137. The van der Waals surface area contributed by atoms with Gasteiger partial charge in [-0.05, 0) is 36.8 Å². The smallest absolute Gasteiger partial charge is 0.348 e. The fourth-order valence-corrected chi connectivity index (χ4v) is 2.09. The Hall–Kier alpha value is -3.57. The fraction of sp³-hybridized carbons (Fsp3) is 0.150. The molecule has 0 aliphatic carbocycles. The van der Waals surface area contributed by atoms with Crippen LogP contribution in [-0.2, 0) is 16.1 Å². The molecule has 0 atom stereocenters. The standard InChI is InChI=1S/C20H16N2O3/c1-2-24-20(23)18(13-22)11-15-7-9-19(10-8-15)25-14-17-6-4-3-5-16(17)12-21/h3-11H,2,14H2,1H3/b18-11-. The van der Waals surface area contributed by atoms with E-state index >= 15 is 0 Å². The third kappa shape index (κ3) is 4.95. The minimum atomic E-state index is -0.640. The summed E-state index contributed by atoms with van der Waals surface area (Å²) >= 11 is 0. The molecule has 0 spiro atoms. The fourth-order valence-electron chi connectivity index (χ4n) is 2.09. The normalized spacial score (nSPS) is 10.4. The highest BCUT2D eigenvalue weighted by Crippen LogP contribution is 2.17. The molecule has 0 radical (unpaired) electrons. The second kappa shape index (κ2) is 8.90. The van der Waals surface area contributed by atoms with E-state index in [2.05, 4.69) is 6.07 Å². The molecule has 0 saturated heterocycles. The predicted octanol–water partition coefficient (Wildman–Crippen LogP) is 3.61. The van der Waals surface area contributed by atoms with Crippen molar-refractivity contribution in [3.05, 3.63) is 70.8 Å². The van der Waals surface area contributed by atoms with E-state index in [9.17, 15) is 4.79 Å². The number of hydrogen-bond acceptors (Lipinski definition) is 5. The summed E-state index contributed by atoms with van der Waals surface area (Å²) in [6.45, 7) is 2.18. The molecule has 2 rings (SSSR count). The van der Waals surface area contributed by atoms with E-state index in [1.807, 2.05) is 18.2 Å². The Morgan fingerprint density at radius 2 is 1.84 bits per heavy atom. The minimum Gasteiger partial charge on any atom is -0.489 e. The topological polar surface area (TPSA) is 83.1 Å². The summed E-state index contributed by atoms with van der Waals surface area (Å²) in [5, 5.41) is 18.1. The summed E-state index contributed by atoms with van der Waals surface area (Å²) in [7, 11) is 0. The third-order valence-corrected chi connectivity index (χ3v) is 3.34. The Kier molecular flexibility index (Phi) is 6.33. The number of nitriles is 2. The highest BCUT2D eigenvalue weighted by atomic mass is 16.5. The second-order valence-corrected chi connectivity index (χ2v) is 5.02. The average Bonchev–Trinajstić information content (AvgIpc) is 2.65. The summed E-state index contributed by atoms with van der Waals surface area (Å²) in [6.07, 6.45) is 1.47. The minimum absolute atomic E-state index is 0.0570. The van der Waals surface area contributed by atoms with Crippen molar-refractivity contribution in [3.8, 4) is 17.9 Å². The van der Waals surface area contributed by atoms with Crippen molar-refractivity contribution in [2.75, 3.05) is 6.61 Å². The summed E-state index contributed by atoms with van der Waals surface area (Å²) in [5.41, 5.74) is 2.02. The molecule has 2 aromatic rings. The molecule has 0 aliphatic rings. The lowest BCUT2D eigenvalue weighted by Gasteiger charge is -2.08. The summed E-state index contributed by atoms with van der Waals surface area (Å²) in [4.78, 5) is 11.6. The Morgan fingerprint density at radius 1 is 1.12 bits per heavy atom. The van der Waals surface area contributed by atoms with E-state index < -0.39 is 5.97 Å². The quantitative estimate of drug-likeness (QED) is 0.458. The SMILES string of the molecule is CCOC(=O)/C(C#N)=C\c1ccc(OCc2ccccc2C#N)cc1. The van der Waals surface area contributed by atoms with Crippen molar-refractivity contribution in [2.24, 2.45) is 0 Å². The molecule has 0 aliphatic heterocycles. The van der Waals surface area contributed by atoms with E-state index in [0.717, 1.165) is 5.56 Å². The zero-order valence-electron chi connectivity index (χ0n) is 13.7. The maximum absolute atomic E-state index is 11.6. The molecule has 2 aromatic carbocycles. The molecule has 25 heavy (non-hydrogen) atoms. The van der Waals surface area contributed by atoms with Crippen molar-refractivity contribution in [3.63, 3.8) is 0 Å². The van der Waals surface area contributed by atoms with Gasteiger partial charge in [-0.15, -0.1) is 0 Å². The Labute approximate surface area is 146 Å². The molecular formula is C20H16N2O3. The van der Waals surface area contributed by atoms with Crippen LogP contribution in [0.4, 0.5) is 0 Å². The average molecular weight is 332 g/mol. The highest BCUT2D eigenvalue weighted by molar-refractivity contribution is 5.97. The van der Waals surface area contributed by atoms with Crippen molar-refractivity contribution in [1.82, 2.24) is 0 Å². The van der Waals surface area contributed by atoms with Gasteiger partial charge in [0.25, 0.3) is 0 Å². The lowest BCUT2D eigenvalue weighted by Crippen LogP contribution is -2.05. The van der Waals surface area contributed by atoms with Crippen LogP contribution >= 0.6 is 0 Å². The zero-order chi connectivity index (χ0) is 18.1. The van der Waals surface area contributed by atoms with Gasteiger partial charge >= 0.3 is 5.97 Å². The number of benzene rings is 2. The molecule has 0 saturated carbocycles. The van der Waals surface area contributed by atoms with Crippen LogP contribution in [0.3, 0.4) is 0 Å². The summed E-state index contributed by atoms with van der Waals surface area (Å²) < 4.78 is 10.5. The number of hydrogen-bond donors (Lipinski definition) is 0. The molecule has 0 N–H and O–H groups in total. The lowest BCUT2D eigenvalue weighted by atomic mass is 10.1. The van der Waals surface area contributed by atoms with E-state index in [4.69, 9.17) is 20.0 Å². The first-order valence-electron chi connectivity index (χ1n) is 7.67. The first-order valence-corrected chi connectivity index (χ1v) is 7.67. The first kappa shape index (κ1) is 17.8. The number of nitrogens with zero attached hydrogens (tertiary/aromatic N) is 2. The van der Waals surface area contributed by atoms with Crippen LogP contribution in [0.5, 0.6) is 5.75 Å². The van der Waals surface area contributed by atoms with Crippen molar-refractivity contribution >= 4 is 12.0 Å². The van der Waals surface area contributed by atoms with Gasteiger partial charge in [0.2, 0.25) is 0 Å². The maximum Gasteiger partial charge on any atom is 0.348 e. The van der Waals surface area contributed by atoms with Crippen molar-refractivity contribution in [1.29, 1.82) is 10.5 Å². The van der Waals surface area contributed by atoms with E-state index in [-0.39, 0.29) is 18.8 Å². The van der Waals surface area contributed by atoms with Crippen LogP contribution < -0.4 is 4.74 Å². The van der Waals surface area contributed by atoms with Gasteiger partial charge in [-0.25, -0.2) is 4.79 Å². The van der Waals surface area contributed by atoms with Crippen molar-refractivity contribution in [2.45, 2.75) is 13.5 Å². The predicted molar refractivity (Wildman–Crippen MR) is 92.2 cm³/mol. The van der Waals surface area contributed by atoms with Crippen LogP contribution in [-0.4, -0.2) is 12.6 Å². The number of carbonyl (C=O) groups is 1. The third-order valence-electron chi connectivity index (χ3n) is 3.34. The molecule has 0 heterocycles. The Bertz CT molecular complexity index is 856. The van der Waals surface area contributed by atoms with Gasteiger partial charge in [0.1, 0.15) is 24.0 Å². The number of esters is 1. The molecule has 124 valence electrons. The molecule has 5 heteroatoms. The van der Waals surface area contributed by atoms with Crippen LogP contribution in [0.25, 0.3) is 6.08 Å². The molecule has 0 bridgehead atoms. The molecule has 5 nitrogen and oxygen atoms in total. The molecule has 0 fully saturated rings. The number of rotatable bonds is 6. The van der Waals surface area contributed by atoms with E-state index in [0.29, 0.717) is 16.9 Å². The van der Waals surface area contributed by atoms with Gasteiger partial charge in [-0.2, -0.15) is 10.5 Å². The van der Waals surface area contributed by atoms with Crippen molar-refractivity contribution < 1.29 is 14.3 Å². The number of carbonyl (C=O) groups excluding carboxylic acids is 1. The van der Waals surface area contributed by atoms with Gasteiger partial charge in [0, 0.05) is 5.56 Å². The zero-order valence-corrected chi connectivity index (χ0v) is 13.7. The van der Waals surface area contributed by atoms with Gasteiger partial charge in [0.15, 0.2) is 0 Å². The van der Waals surface area contributed by atoms with Gasteiger partial charge < -0.3 is 9.47 Å². The summed E-state index contributed by atoms with van der Waals surface area (Å²) in [6, 6.07) is 18.2. The Balaban J connectivity index is 2.06. The first-order chi connectivity index (χ1) is 12.2. The Morgan fingerprint density at radius 3 is 2.48 bits per heavy atom. The molecule has 0 amide bonds. The van der Waals surface area contributed by atoms with Gasteiger partial charge in [0.05, 0.1) is 18.2 Å². The molecular weight excluding hydrogens is 316 g/mol. The van der Waals surface area contributed by atoms with Crippen LogP contribution in [0, 0.1) is 22.7 Å². The monoisotopic (exact) mass is 332 g/mol. The second-order valence-electron chi connectivity index (χ2n) is 5.02. The maximum atomic E-state index is 11.6. The van der Waals surface area contributed by atoms with Crippen LogP contribution in [0.1, 0.15) is 23.6 Å². The van der Waals surface area contributed by atoms with Crippen LogP contribution in [0.15, 0.2) is 54.1 Å². The van der Waals surface area contributed by atoms with Gasteiger partial charge in [-0.1, -0.05) is 30.3 Å². The van der Waals surface area contributed by atoms with Crippen LogP contribution in [0.2, 0.25) is 0 Å². The van der Waals surface area contributed by atoms with E-state index in [1.54, 1.807) is 43.3 Å². The highest BCUT2D eigenvalue weighted by Gasteiger charge is 2.09. The number of ether oxygens (including phenoxy) is 2. The summed E-state index contributed by atoms with van der Waals surface area (Å²) in [5.74, 6) is -0.0158. The molecule has 0 aromatic heterocycles. The van der Waals surface area contributed by atoms with Gasteiger partial charge in [-0.3, -0.25) is 0 Å².